The molecule has 0 aliphatic carbocycles. The van der Waals surface area contributed by atoms with Crippen LogP contribution >= 0.6 is 11.3 Å². The summed E-state index contributed by atoms with van der Waals surface area (Å²) in [7, 11) is 0. The lowest BCUT2D eigenvalue weighted by Crippen LogP contribution is -2.29. The Balaban J connectivity index is 1.37. The Hall–Kier alpha value is -3.35. The zero-order valence-electron chi connectivity index (χ0n) is 19.9. The van der Waals surface area contributed by atoms with Crippen LogP contribution in [0.3, 0.4) is 0 Å². The molecule has 36 heavy (non-hydrogen) atoms. The van der Waals surface area contributed by atoms with E-state index in [2.05, 4.69) is 31.0 Å². The lowest BCUT2D eigenvalue weighted by atomic mass is 9.95. The third-order valence-corrected chi connectivity index (χ3v) is 7.07. The number of carbonyl (C=O) groups is 2. The molecule has 2 amide bonds. The fraction of sp³-hybridized carbons (Fsp3) is 0.458. The van der Waals surface area contributed by atoms with E-state index in [0.717, 1.165) is 37.9 Å². The summed E-state index contributed by atoms with van der Waals surface area (Å²) in [6, 6.07) is 3.60. The highest BCUT2D eigenvalue weighted by atomic mass is 32.1. The van der Waals surface area contributed by atoms with Crippen molar-refractivity contribution < 1.29 is 19.1 Å². The number of carbonyl (C=O) groups excluding carboxylic acids is 2. The van der Waals surface area contributed by atoms with Crippen LogP contribution in [0.1, 0.15) is 40.2 Å². The molecular weight excluding hydrogens is 482 g/mol. The normalized spacial score (nSPS) is 17.8. The Kier molecular flexibility index (Phi) is 7.84. The van der Waals surface area contributed by atoms with Gasteiger partial charge in [-0.15, -0.1) is 11.3 Å². The Morgan fingerprint density at radius 3 is 2.89 bits per heavy atom. The van der Waals surface area contributed by atoms with E-state index in [1.165, 1.54) is 11.3 Å². The van der Waals surface area contributed by atoms with Crippen molar-refractivity contribution in [1.29, 1.82) is 0 Å². The second-order valence-corrected chi connectivity index (χ2v) is 9.59. The van der Waals surface area contributed by atoms with Crippen LogP contribution in [0, 0.1) is 5.92 Å². The van der Waals surface area contributed by atoms with E-state index in [-0.39, 0.29) is 17.3 Å². The van der Waals surface area contributed by atoms with Crippen molar-refractivity contribution in [1.82, 2.24) is 30.4 Å². The van der Waals surface area contributed by atoms with E-state index in [1.54, 1.807) is 28.5 Å². The number of hydrogen-bond acceptors (Lipinski definition) is 9. The van der Waals surface area contributed by atoms with E-state index < -0.39 is 5.91 Å². The van der Waals surface area contributed by atoms with Gasteiger partial charge in [0.1, 0.15) is 17.3 Å². The summed E-state index contributed by atoms with van der Waals surface area (Å²) < 4.78 is 13.0. The van der Waals surface area contributed by atoms with Crippen LogP contribution < -0.4 is 20.7 Å². The van der Waals surface area contributed by atoms with Crippen molar-refractivity contribution >= 4 is 28.8 Å². The van der Waals surface area contributed by atoms with Crippen molar-refractivity contribution in [3.8, 4) is 16.5 Å². The first-order chi connectivity index (χ1) is 17.7. The van der Waals surface area contributed by atoms with Crippen molar-refractivity contribution in [3.63, 3.8) is 0 Å². The standard InChI is InChI=1S/C24H29N7O4S/c32-22-19-15-36-24(29-19)17-3-7-26-20(13-17)35-12-11-34-10-8-27-23(33)21-18(28-22)14-31(30-21)9-4-16-1-5-25-6-2-16/h3,7,13-16,25H,1-2,4-6,8-12H2,(H,27,33)(H,28,32). The molecule has 2 aliphatic rings. The number of amides is 2. The number of thiazole rings is 1. The van der Waals surface area contributed by atoms with Gasteiger partial charge in [0.2, 0.25) is 5.88 Å². The summed E-state index contributed by atoms with van der Waals surface area (Å²) in [6.07, 6.45) is 6.60. The van der Waals surface area contributed by atoms with Gasteiger partial charge in [0.25, 0.3) is 11.8 Å². The van der Waals surface area contributed by atoms with Crippen LogP contribution in [0.4, 0.5) is 5.69 Å². The lowest BCUT2D eigenvalue weighted by Gasteiger charge is -2.22. The number of aromatic nitrogens is 4. The molecule has 5 heterocycles. The molecule has 3 aromatic heterocycles. The molecule has 1 saturated heterocycles. The van der Waals surface area contributed by atoms with Crippen LogP contribution in [-0.4, -0.2) is 71.0 Å². The summed E-state index contributed by atoms with van der Waals surface area (Å²) in [5.74, 6) is 0.300. The van der Waals surface area contributed by atoms with Gasteiger partial charge in [-0.05, 0) is 44.3 Å². The van der Waals surface area contributed by atoms with Gasteiger partial charge >= 0.3 is 0 Å². The molecule has 5 rings (SSSR count). The number of nitrogens with one attached hydrogen (secondary N) is 3. The molecule has 4 bridgehead atoms. The number of ether oxygens (including phenoxy) is 2. The van der Waals surface area contributed by atoms with Gasteiger partial charge in [-0.1, -0.05) is 0 Å². The SMILES string of the molecule is O=C1Nc2cn(CCC3CCNCC3)nc2C(=O)NCCOCCOc2cc(ccn2)-c2nc1cs2. The molecule has 2 aliphatic heterocycles. The Morgan fingerprint density at radius 1 is 1.11 bits per heavy atom. The van der Waals surface area contributed by atoms with Crippen molar-refractivity contribution in [2.75, 3.05) is 44.8 Å². The third kappa shape index (κ3) is 6.07. The molecule has 12 heteroatoms. The molecular formula is C24H29N7O4S. The first-order valence-electron chi connectivity index (χ1n) is 12.2. The first-order valence-corrected chi connectivity index (χ1v) is 13.0. The first kappa shape index (κ1) is 24.3. The Bertz CT molecular complexity index is 1200. The van der Waals surface area contributed by atoms with Crippen LogP contribution in [0.5, 0.6) is 5.88 Å². The molecule has 0 spiro atoms. The number of pyridine rings is 1. The molecule has 0 atom stereocenters. The maximum Gasteiger partial charge on any atom is 0.275 e. The zero-order valence-corrected chi connectivity index (χ0v) is 20.7. The number of piperidine rings is 1. The molecule has 190 valence electrons. The summed E-state index contributed by atoms with van der Waals surface area (Å²) in [5.41, 5.74) is 1.60. The highest BCUT2D eigenvalue weighted by Gasteiger charge is 2.22. The molecule has 11 nitrogen and oxygen atoms in total. The minimum atomic E-state index is -0.403. The van der Waals surface area contributed by atoms with E-state index in [4.69, 9.17) is 9.47 Å². The second-order valence-electron chi connectivity index (χ2n) is 8.73. The number of fused-ring (bicyclic) bond motifs is 6. The molecule has 0 aromatic carbocycles. The summed E-state index contributed by atoms with van der Waals surface area (Å²) in [5, 5.41) is 15.9. The predicted octanol–water partition coefficient (Wildman–Crippen LogP) is 2.18. The number of rotatable bonds is 3. The summed E-state index contributed by atoms with van der Waals surface area (Å²) in [6.45, 7) is 4.04. The minimum absolute atomic E-state index is 0.173. The van der Waals surface area contributed by atoms with Gasteiger partial charge in [0, 0.05) is 42.5 Å². The van der Waals surface area contributed by atoms with Gasteiger partial charge in [0.15, 0.2) is 5.69 Å². The molecule has 0 saturated carbocycles. The number of anilines is 1. The largest absolute Gasteiger partial charge is 0.475 e. The summed E-state index contributed by atoms with van der Waals surface area (Å²) in [4.78, 5) is 34.7. The maximum atomic E-state index is 13.0. The van der Waals surface area contributed by atoms with Crippen LogP contribution in [0.2, 0.25) is 0 Å². The fourth-order valence-electron chi connectivity index (χ4n) is 4.23. The minimum Gasteiger partial charge on any atom is -0.475 e. The van der Waals surface area contributed by atoms with E-state index in [1.807, 2.05) is 6.07 Å². The van der Waals surface area contributed by atoms with Gasteiger partial charge in [-0.2, -0.15) is 5.10 Å². The molecule has 3 N–H and O–H groups in total. The average molecular weight is 512 g/mol. The van der Waals surface area contributed by atoms with E-state index in [9.17, 15) is 9.59 Å². The predicted molar refractivity (Wildman–Crippen MR) is 134 cm³/mol. The smallest absolute Gasteiger partial charge is 0.275 e. The van der Waals surface area contributed by atoms with Gasteiger partial charge in [-0.25, -0.2) is 9.97 Å². The van der Waals surface area contributed by atoms with E-state index >= 15 is 0 Å². The number of aryl methyl sites for hydroxylation is 1. The fourth-order valence-corrected chi connectivity index (χ4v) is 5.02. The van der Waals surface area contributed by atoms with Gasteiger partial charge < -0.3 is 25.4 Å². The number of hydrogen-bond donors (Lipinski definition) is 3. The highest BCUT2D eigenvalue weighted by Crippen LogP contribution is 2.27. The quantitative estimate of drug-likeness (QED) is 0.488. The molecule has 3 aromatic rings. The average Bonchev–Trinajstić information content (AvgIpc) is 3.55. The van der Waals surface area contributed by atoms with Crippen LogP contribution in [0.25, 0.3) is 10.6 Å². The lowest BCUT2D eigenvalue weighted by molar-refractivity contribution is 0.0858. The maximum absolute atomic E-state index is 13.0. The molecule has 0 radical (unpaired) electrons. The van der Waals surface area contributed by atoms with Crippen molar-refractivity contribution in [3.05, 3.63) is 41.3 Å². The Morgan fingerprint density at radius 2 is 2.00 bits per heavy atom. The van der Waals surface area contributed by atoms with Crippen molar-refractivity contribution in [2.24, 2.45) is 5.92 Å². The third-order valence-electron chi connectivity index (χ3n) is 6.18. The number of nitrogens with zero attached hydrogens (tertiary/aromatic N) is 4. The highest BCUT2D eigenvalue weighted by molar-refractivity contribution is 7.13. The zero-order chi connectivity index (χ0) is 24.7. The second kappa shape index (κ2) is 11.6. The van der Waals surface area contributed by atoms with Crippen LogP contribution in [0.15, 0.2) is 29.9 Å². The van der Waals surface area contributed by atoms with E-state index in [0.29, 0.717) is 55.4 Å². The van der Waals surface area contributed by atoms with Crippen molar-refractivity contribution in [2.45, 2.75) is 25.8 Å². The van der Waals surface area contributed by atoms with Crippen LogP contribution in [-0.2, 0) is 11.3 Å². The van der Waals surface area contributed by atoms with Gasteiger partial charge in [0.05, 0.1) is 18.9 Å². The summed E-state index contributed by atoms with van der Waals surface area (Å²) >= 11 is 1.35. The van der Waals surface area contributed by atoms with Gasteiger partial charge in [-0.3, -0.25) is 14.3 Å². The topological polar surface area (TPSA) is 132 Å². The molecule has 0 unspecified atom stereocenters. The Labute approximate surface area is 212 Å². The molecule has 1 fully saturated rings. The monoisotopic (exact) mass is 511 g/mol.